The molecule has 0 aliphatic heterocycles. The van der Waals surface area contributed by atoms with Gasteiger partial charge >= 0.3 is 0 Å². The van der Waals surface area contributed by atoms with Crippen LogP contribution in [0.5, 0.6) is 0 Å². The van der Waals surface area contributed by atoms with Gasteiger partial charge in [0.05, 0.1) is 0 Å². The van der Waals surface area contributed by atoms with E-state index in [-0.39, 0.29) is 5.91 Å². The molecule has 0 radical (unpaired) electrons. The average Bonchev–Trinajstić information content (AvgIpc) is 2.98. The molecule has 1 aliphatic rings. The zero-order valence-electron chi connectivity index (χ0n) is 12.6. The minimum Gasteiger partial charge on any atom is -0.372 e. The Morgan fingerprint density at radius 2 is 2.05 bits per heavy atom. The van der Waals surface area contributed by atoms with Crippen molar-refractivity contribution >= 4 is 11.7 Å². The van der Waals surface area contributed by atoms with Crippen LogP contribution in [0.15, 0.2) is 12.1 Å². The maximum atomic E-state index is 12.7. The molecule has 1 N–H and O–H groups in total. The maximum absolute atomic E-state index is 12.7. The largest absolute Gasteiger partial charge is 0.372 e. The lowest BCUT2D eigenvalue weighted by atomic mass is 10.1. The number of anilines is 1. The van der Waals surface area contributed by atoms with Gasteiger partial charge in [0.2, 0.25) is 0 Å². The Hall–Kier alpha value is -1.65. The average molecular weight is 276 g/mol. The summed E-state index contributed by atoms with van der Waals surface area (Å²) in [5.41, 5.74) is 0.441. The fourth-order valence-electron chi connectivity index (χ4n) is 2.73. The van der Waals surface area contributed by atoms with Gasteiger partial charge in [0.25, 0.3) is 5.91 Å². The van der Waals surface area contributed by atoms with E-state index < -0.39 is 0 Å². The standard InChI is InChI=1S/C15H24N4O/c1-11(2)10-19(12-6-4-5-7-12)15(20)13-8-9-14(16-3)18-17-13/h8-9,11-12H,4-7,10H2,1-3H3,(H,16,18). The first kappa shape index (κ1) is 14.8. The van der Waals surface area contributed by atoms with Crippen LogP contribution in [-0.4, -0.2) is 40.6 Å². The molecule has 20 heavy (non-hydrogen) atoms. The summed E-state index contributed by atoms with van der Waals surface area (Å²) in [5.74, 6) is 1.16. The Bertz CT molecular complexity index is 438. The minimum absolute atomic E-state index is 0.0146. The molecule has 1 heterocycles. The second-order valence-electron chi connectivity index (χ2n) is 5.84. The summed E-state index contributed by atoms with van der Waals surface area (Å²) in [6.45, 7) is 5.08. The molecule has 0 spiro atoms. The Labute approximate surface area is 120 Å². The Balaban J connectivity index is 2.15. The lowest BCUT2D eigenvalue weighted by Crippen LogP contribution is -2.41. The second kappa shape index (κ2) is 6.68. The monoisotopic (exact) mass is 276 g/mol. The van der Waals surface area contributed by atoms with E-state index in [0.717, 1.165) is 19.4 Å². The number of hydrogen-bond acceptors (Lipinski definition) is 4. The predicted molar refractivity (Wildman–Crippen MR) is 79.7 cm³/mol. The van der Waals surface area contributed by atoms with Crippen LogP contribution >= 0.6 is 0 Å². The van der Waals surface area contributed by atoms with Gasteiger partial charge in [-0.1, -0.05) is 26.7 Å². The molecule has 2 rings (SSSR count). The molecule has 0 bridgehead atoms. The Morgan fingerprint density at radius 1 is 1.35 bits per heavy atom. The van der Waals surface area contributed by atoms with Crippen LogP contribution in [0, 0.1) is 5.92 Å². The lowest BCUT2D eigenvalue weighted by molar-refractivity contribution is 0.0648. The van der Waals surface area contributed by atoms with Crippen LogP contribution in [0.25, 0.3) is 0 Å². The van der Waals surface area contributed by atoms with Crippen LogP contribution in [0.1, 0.15) is 50.0 Å². The molecule has 0 unspecified atom stereocenters. The van der Waals surface area contributed by atoms with Crippen molar-refractivity contribution in [1.82, 2.24) is 15.1 Å². The topological polar surface area (TPSA) is 58.1 Å². The third-order valence-corrected chi connectivity index (χ3v) is 3.73. The van der Waals surface area contributed by atoms with Crippen molar-refractivity contribution < 1.29 is 4.79 Å². The molecule has 5 heteroatoms. The van der Waals surface area contributed by atoms with E-state index in [0.29, 0.717) is 23.5 Å². The lowest BCUT2D eigenvalue weighted by Gasteiger charge is -2.30. The number of nitrogens with zero attached hydrogens (tertiary/aromatic N) is 3. The zero-order valence-corrected chi connectivity index (χ0v) is 12.6. The summed E-state index contributed by atoms with van der Waals surface area (Å²) >= 11 is 0. The van der Waals surface area contributed by atoms with E-state index in [1.54, 1.807) is 19.2 Å². The van der Waals surface area contributed by atoms with Crippen molar-refractivity contribution in [3.8, 4) is 0 Å². The van der Waals surface area contributed by atoms with Crippen LogP contribution < -0.4 is 5.32 Å². The molecular formula is C15H24N4O. The van der Waals surface area contributed by atoms with Gasteiger partial charge in [0.1, 0.15) is 5.82 Å². The van der Waals surface area contributed by atoms with Gasteiger partial charge in [-0.2, -0.15) is 0 Å². The number of carbonyl (C=O) groups is 1. The van der Waals surface area contributed by atoms with E-state index in [4.69, 9.17) is 0 Å². The summed E-state index contributed by atoms with van der Waals surface area (Å²) in [4.78, 5) is 14.7. The van der Waals surface area contributed by atoms with Gasteiger partial charge in [-0.05, 0) is 30.9 Å². The van der Waals surface area contributed by atoms with Crippen molar-refractivity contribution in [2.24, 2.45) is 5.92 Å². The van der Waals surface area contributed by atoms with Gasteiger partial charge in [-0.25, -0.2) is 0 Å². The summed E-state index contributed by atoms with van der Waals surface area (Å²) in [7, 11) is 1.79. The van der Waals surface area contributed by atoms with E-state index in [1.165, 1.54) is 12.8 Å². The molecule has 1 aromatic rings. The van der Waals surface area contributed by atoms with Crippen LogP contribution in [0.4, 0.5) is 5.82 Å². The first-order valence-corrected chi connectivity index (χ1v) is 7.44. The molecule has 0 saturated heterocycles. The number of aromatic nitrogens is 2. The molecule has 0 atom stereocenters. The minimum atomic E-state index is 0.0146. The molecular weight excluding hydrogens is 252 g/mol. The molecule has 1 amide bonds. The smallest absolute Gasteiger partial charge is 0.274 e. The molecule has 1 fully saturated rings. The van der Waals surface area contributed by atoms with Gasteiger partial charge in [0.15, 0.2) is 5.69 Å². The summed E-state index contributed by atoms with van der Waals surface area (Å²) in [6.07, 6.45) is 4.66. The highest BCUT2D eigenvalue weighted by Crippen LogP contribution is 2.25. The maximum Gasteiger partial charge on any atom is 0.274 e. The first-order chi connectivity index (χ1) is 9.61. The zero-order chi connectivity index (χ0) is 14.5. The summed E-state index contributed by atoms with van der Waals surface area (Å²) < 4.78 is 0. The van der Waals surface area contributed by atoms with Gasteiger partial charge in [0, 0.05) is 19.6 Å². The fraction of sp³-hybridized carbons (Fsp3) is 0.667. The SMILES string of the molecule is CNc1ccc(C(=O)N(CC(C)C)C2CCCC2)nn1. The van der Waals surface area contributed by atoms with Crippen LogP contribution in [-0.2, 0) is 0 Å². The van der Waals surface area contributed by atoms with Crippen molar-refractivity contribution in [1.29, 1.82) is 0 Å². The number of carbonyl (C=O) groups excluding carboxylic acids is 1. The first-order valence-electron chi connectivity index (χ1n) is 7.44. The highest BCUT2D eigenvalue weighted by Gasteiger charge is 2.28. The molecule has 1 aromatic heterocycles. The highest BCUT2D eigenvalue weighted by molar-refractivity contribution is 5.92. The Kier molecular flexibility index (Phi) is 4.93. The fourth-order valence-corrected chi connectivity index (χ4v) is 2.73. The van der Waals surface area contributed by atoms with E-state index in [2.05, 4.69) is 29.4 Å². The molecule has 1 saturated carbocycles. The molecule has 110 valence electrons. The molecule has 5 nitrogen and oxygen atoms in total. The van der Waals surface area contributed by atoms with E-state index in [1.807, 2.05) is 4.90 Å². The van der Waals surface area contributed by atoms with Crippen molar-refractivity contribution in [2.45, 2.75) is 45.6 Å². The van der Waals surface area contributed by atoms with Gasteiger partial charge in [-0.15, -0.1) is 10.2 Å². The third kappa shape index (κ3) is 3.46. The molecule has 0 aromatic carbocycles. The normalized spacial score (nSPS) is 15.6. The highest BCUT2D eigenvalue weighted by atomic mass is 16.2. The predicted octanol–water partition coefficient (Wildman–Crippen LogP) is 2.56. The van der Waals surface area contributed by atoms with Crippen LogP contribution in [0.3, 0.4) is 0 Å². The van der Waals surface area contributed by atoms with Crippen molar-refractivity contribution in [3.05, 3.63) is 17.8 Å². The number of nitrogens with one attached hydrogen (secondary N) is 1. The molecule has 1 aliphatic carbocycles. The Morgan fingerprint density at radius 3 is 2.55 bits per heavy atom. The third-order valence-electron chi connectivity index (χ3n) is 3.73. The quantitative estimate of drug-likeness (QED) is 0.898. The number of hydrogen-bond donors (Lipinski definition) is 1. The van der Waals surface area contributed by atoms with Crippen molar-refractivity contribution in [2.75, 3.05) is 18.9 Å². The van der Waals surface area contributed by atoms with Crippen LogP contribution in [0.2, 0.25) is 0 Å². The van der Waals surface area contributed by atoms with Gasteiger partial charge in [-0.3, -0.25) is 4.79 Å². The number of amides is 1. The number of rotatable bonds is 5. The summed E-state index contributed by atoms with van der Waals surface area (Å²) in [6, 6.07) is 3.92. The van der Waals surface area contributed by atoms with Crippen molar-refractivity contribution in [3.63, 3.8) is 0 Å². The van der Waals surface area contributed by atoms with E-state index in [9.17, 15) is 4.79 Å². The van der Waals surface area contributed by atoms with E-state index >= 15 is 0 Å². The summed E-state index contributed by atoms with van der Waals surface area (Å²) in [5, 5.41) is 11.0. The second-order valence-corrected chi connectivity index (χ2v) is 5.84. The van der Waals surface area contributed by atoms with Gasteiger partial charge < -0.3 is 10.2 Å².